The average Bonchev–Trinajstić information content (AvgIpc) is 2.87. The van der Waals surface area contributed by atoms with E-state index in [1.165, 1.54) is 11.8 Å². The number of rotatable bonds is 11. The molecule has 0 unspecified atom stereocenters. The van der Waals surface area contributed by atoms with E-state index in [9.17, 15) is 9.59 Å². The Morgan fingerprint density at radius 3 is 2.25 bits per heavy atom. The molecule has 0 aliphatic carbocycles. The zero-order valence-electron chi connectivity index (χ0n) is 20.2. The number of benzene rings is 3. The van der Waals surface area contributed by atoms with Crippen molar-refractivity contribution in [2.24, 2.45) is 0 Å². The van der Waals surface area contributed by atoms with Crippen molar-refractivity contribution in [1.29, 1.82) is 0 Å². The maximum atomic E-state index is 13.7. The van der Waals surface area contributed by atoms with Crippen molar-refractivity contribution in [2.45, 2.75) is 50.2 Å². The summed E-state index contributed by atoms with van der Waals surface area (Å²) in [4.78, 5) is 29.8. The lowest BCUT2D eigenvalue weighted by Gasteiger charge is -2.32. The van der Waals surface area contributed by atoms with E-state index >= 15 is 0 Å². The smallest absolute Gasteiger partial charge is 0.243 e. The summed E-state index contributed by atoms with van der Waals surface area (Å²) < 4.78 is 0. The molecule has 0 saturated heterocycles. The molecule has 2 amide bonds. The second-order valence-electron chi connectivity index (χ2n) is 8.52. The molecule has 0 aromatic heterocycles. The van der Waals surface area contributed by atoms with Crippen LogP contribution < -0.4 is 5.32 Å². The summed E-state index contributed by atoms with van der Waals surface area (Å²) in [5.41, 5.74) is 1.69. The van der Waals surface area contributed by atoms with Gasteiger partial charge in [-0.15, -0.1) is 11.8 Å². The van der Waals surface area contributed by atoms with E-state index in [4.69, 9.17) is 34.8 Å². The number of hydrogen-bond acceptors (Lipinski definition) is 3. The fraction of sp³-hybridized carbons (Fsp3) is 0.286. The average molecular weight is 564 g/mol. The molecule has 4 nitrogen and oxygen atoms in total. The van der Waals surface area contributed by atoms with Crippen molar-refractivity contribution < 1.29 is 9.59 Å². The molecular formula is C28H29Cl3N2O2S. The number of halogens is 3. The summed E-state index contributed by atoms with van der Waals surface area (Å²) in [5, 5.41) is 4.66. The van der Waals surface area contributed by atoms with Gasteiger partial charge in [0, 0.05) is 39.0 Å². The molecule has 0 bridgehead atoms. The van der Waals surface area contributed by atoms with Gasteiger partial charge in [0.2, 0.25) is 11.8 Å². The SMILES string of the molecule is CC[C@@H](C)NC(=O)[C@H](Cc1ccccc1)N(Cc1ccc(Cl)cc1Cl)C(=O)CSc1ccc(Cl)cc1. The van der Waals surface area contributed by atoms with Crippen LogP contribution in [0, 0.1) is 0 Å². The lowest BCUT2D eigenvalue weighted by molar-refractivity contribution is -0.139. The van der Waals surface area contributed by atoms with Gasteiger partial charge >= 0.3 is 0 Å². The van der Waals surface area contributed by atoms with Gasteiger partial charge in [0.05, 0.1) is 5.75 Å². The fourth-order valence-electron chi connectivity index (χ4n) is 3.59. The van der Waals surface area contributed by atoms with Crippen LogP contribution in [0.4, 0.5) is 0 Å². The molecule has 190 valence electrons. The van der Waals surface area contributed by atoms with Gasteiger partial charge in [-0.1, -0.05) is 78.1 Å². The Morgan fingerprint density at radius 2 is 1.61 bits per heavy atom. The van der Waals surface area contributed by atoms with Gasteiger partial charge in [-0.05, 0) is 60.9 Å². The van der Waals surface area contributed by atoms with E-state index in [-0.39, 0.29) is 30.2 Å². The number of nitrogens with one attached hydrogen (secondary N) is 1. The van der Waals surface area contributed by atoms with Gasteiger partial charge in [0.1, 0.15) is 6.04 Å². The maximum absolute atomic E-state index is 13.7. The second-order valence-corrected chi connectivity index (χ2v) is 10.9. The van der Waals surface area contributed by atoms with E-state index in [1.54, 1.807) is 35.2 Å². The zero-order valence-corrected chi connectivity index (χ0v) is 23.3. The minimum atomic E-state index is -0.716. The number of amides is 2. The van der Waals surface area contributed by atoms with E-state index in [1.807, 2.05) is 56.3 Å². The van der Waals surface area contributed by atoms with Crippen LogP contribution in [0.2, 0.25) is 15.1 Å². The van der Waals surface area contributed by atoms with Crippen LogP contribution in [-0.2, 0) is 22.6 Å². The van der Waals surface area contributed by atoms with E-state index in [0.717, 1.165) is 22.4 Å². The van der Waals surface area contributed by atoms with Crippen LogP contribution >= 0.6 is 46.6 Å². The summed E-state index contributed by atoms with van der Waals surface area (Å²) in [6, 6.07) is 21.5. The predicted molar refractivity (Wildman–Crippen MR) is 151 cm³/mol. The Kier molecular flexibility index (Phi) is 11.0. The Balaban J connectivity index is 1.93. The van der Waals surface area contributed by atoms with Crippen LogP contribution in [0.1, 0.15) is 31.4 Å². The first-order chi connectivity index (χ1) is 17.3. The quantitative estimate of drug-likeness (QED) is 0.249. The van der Waals surface area contributed by atoms with Crippen LogP contribution in [0.5, 0.6) is 0 Å². The predicted octanol–water partition coefficient (Wildman–Crippen LogP) is 7.29. The van der Waals surface area contributed by atoms with Crippen molar-refractivity contribution >= 4 is 58.4 Å². The highest BCUT2D eigenvalue weighted by molar-refractivity contribution is 8.00. The minimum Gasteiger partial charge on any atom is -0.352 e. The van der Waals surface area contributed by atoms with Gasteiger partial charge in [0.25, 0.3) is 0 Å². The van der Waals surface area contributed by atoms with Crippen molar-refractivity contribution in [1.82, 2.24) is 10.2 Å². The topological polar surface area (TPSA) is 49.4 Å². The summed E-state index contributed by atoms with van der Waals surface area (Å²) in [5.74, 6) is -0.196. The molecule has 3 rings (SSSR count). The number of thioether (sulfide) groups is 1. The number of hydrogen-bond donors (Lipinski definition) is 1. The van der Waals surface area contributed by atoms with Gasteiger partial charge in [-0.25, -0.2) is 0 Å². The van der Waals surface area contributed by atoms with E-state index in [2.05, 4.69) is 5.32 Å². The molecule has 3 aromatic carbocycles. The third kappa shape index (κ3) is 8.45. The van der Waals surface area contributed by atoms with Crippen LogP contribution in [-0.4, -0.2) is 34.6 Å². The molecule has 2 atom stereocenters. The fourth-order valence-corrected chi connectivity index (χ4v) is 4.97. The molecule has 0 saturated carbocycles. The lowest BCUT2D eigenvalue weighted by Crippen LogP contribution is -2.52. The third-order valence-electron chi connectivity index (χ3n) is 5.80. The van der Waals surface area contributed by atoms with E-state index in [0.29, 0.717) is 21.5 Å². The first kappa shape index (κ1) is 28.4. The van der Waals surface area contributed by atoms with E-state index < -0.39 is 6.04 Å². The maximum Gasteiger partial charge on any atom is 0.243 e. The Labute approximate surface area is 232 Å². The molecule has 0 spiro atoms. The highest BCUT2D eigenvalue weighted by atomic mass is 35.5. The lowest BCUT2D eigenvalue weighted by atomic mass is 10.0. The molecule has 0 heterocycles. The summed E-state index contributed by atoms with van der Waals surface area (Å²) in [7, 11) is 0. The third-order valence-corrected chi connectivity index (χ3v) is 7.64. The first-order valence-electron chi connectivity index (χ1n) is 11.7. The van der Waals surface area contributed by atoms with Crippen LogP contribution in [0.25, 0.3) is 0 Å². The molecule has 0 aliphatic heterocycles. The number of nitrogens with zero attached hydrogens (tertiary/aromatic N) is 1. The second kappa shape index (κ2) is 13.9. The molecule has 1 N–H and O–H groups in total. The highest BCUT2D eigenvalue weighted by Gasteiger charge is 2.31. The summed E-state index contributed by atoms with van der Waals surface area (Å²) >= 11 is 20.0. The first-order valence-corrected chi connectivity index (χ1v) is 13.8. The molecule has 8 heteroatoms. The van der Waals surface area contributed by atoms with Crippen molar-refractivity contribution in [3.05, 3.63) is 99.0 Å². The normalized spacial score (nSPS) is 12.6. The molecule has 3 aromatic rings. The van der Waals surface area contributed by atoms with Gasteiger partial charge in [-0.3, -0.25) is 9.59 Å². The zero-order chi connectivity index (χ0) is 26.1. The Bertz CT molecular complexity index is 1160. The standard InChI is InChI=1S/C28H29Cl3N2O2S/c1-3-19(2)32-28(35)26(15-20-7-5-4-6-8-20)33(17-21-9-10-23(30)16-25(21)31)27(34)18-36-24-13-11-22(29)12-14-24/h4-14,16,19,26H,3,15,17-18H2,1-2H3,(H,32,35)/t19-,26+/m1/s1. The Hall–Kier alpha value is -2.18. The molecule has 0 aliphatic rings. The van der Waals surface area contributed by atoms with Crippen LogP contribution in [0.3, 0.4) is 0 Å². The molecular weight excluding hydrogens is 535 g/mol. The molecule has 36 heavy (non-hydrogen) atoms. The van der Waals surface area contributed by atoms with Crippen LogP contribution in [0.15, 0.2) is 77.7 Å². The summed E-state index contributed by atoms with van der Waals surface area (Å²) in [6.07, 6.45) is 1.17. The number of carbonyl (C=O) groups is 2. The van der Waals surface area contributed by atoms with Crippen molar-refractivity contribution in [2.75, 3.05) is 5.75 Å². The van der Waals surface area contributed by atoms with Crippen molar-refractivity contribution in [3.63, 3.8) is 0 Å². The largest absolute Gasteiger partial charge is 0.352 e. The van der Waals surface area contributed by atoms with Crippen molar-refractivity contribution in [3.8, 4) is 0 Å². The summed E-state index contributed by atoms with van der Waals surface area (Å²) in [6.45, 7) is 4.15. The number of carbonyl (C=O) groups excluding carboxylic acids is 2. The van der Waals surface area contributed by atoms with Gasteiger partial charge < -0.3 is 10.2 Å². The van der Waals surface area contributed by atoms with Gasteiger partial charge in [-0.2, -0.15) is 0 Å². The highest BCUT2D eigenvalue weighted by Crippen LogP contribution is 2.26. The monoisotopic (exact) mass is 562 g/mol. The molecule has 0 fully saturated rings. The van der Waals surface area contributed by atoms with Gasteiger partial charge in [0.15, 0.2) is 0 Å². The minimum absolute atomic E-state index is 0.0183. The molecule has 0 radical (unpaired) electrons. The Morgan fingerprint density at radius 1 is 0.944 bits per heavy atom.